The maximum atomic E-state index is 13.4. The molecule has 4 atom stereocenters. The van der Waals surface area contributed by atoms with E-state index in [1.807, 2.05) is 0 Å². The summed E-state index contributed by atoms with van der Waals surface area (Å²) < 4.78 is 45.3. The van der Waals surface area contributed by atoms with E-state index in [0.29, 0.717) is 23.5 Å². The van der Waals surface area contributed by atoms with Gasteiger partial charge in [-0.05, 0) is 74.0 Å². The van der Waals surface area contributed by atoms with Gasteiger partial charge in [-0.2, -0.15) is 0 Å². The molecule has 0 N–H and O–H groups in total. The lowest BCUT2D eigenvalue weighted by Crippen LogP contribution is -2.33. The van der Waals surface area contributed by atoms with E-state index in [1.54, 1.807) is 7.11 Å². The van der Waals surface area contributed by atoms with Gasteiger partial charge in [-0.15, -0.1) is 0 Å². The van der Waals surface area contributed by atoms with Crippen molar-refractivity contribution in [1.82, 2.24) is 0 Å². The molecule has 0 heterocycles. The smallest absolute Gasteiger partial charge is 0.194 e. The summed E-state index contributed by atoms with van der Waals surface area (Å²) in [6.45, 7) is 0. The van der Waals surface area contributed by atoms with Gasteiger partial charge < -0.3 is 4.74 Å². The number of rotatable bonds is 2. The summed E-state index contributed by atoms with van der Waals surface area (Å²) in [5.41, 5.74) is 0.610. The van der Waals surface area contributed by atoms with Crippen molar-refractivity contribution in [2.75, 3.05) is 7.11 Å². The van der Waals surface area contributed by atoms with Gasteiger partial charge in [0.25, 0.3) is 0 Å². The highest BCUT2D eigenvalue weighted by molar-refractivity contribution is 5.24. The lowest BCUT2D eigenvalue weighted by Gasteiger charge is -2.42. The van der Waals surface area contributed by atoms with E-state index in [4.69, 9.17) is 4.74 Å². The Bertz CT molecular complexity index is 494. The first-order valence-electron chi connectivity index (χ1n) is 7.75. The summed E-state index contributed by atoms with van der Waals surface area (Å²) in [7, 11) is 1.76. The fourth-order valence-corrected chi connectivity index (χ4v) is 4.17. The molecule has 2 saturated carbocycles. The number of benzene rings is 1. The Kier molecular flexibility index (Phi) is 4.25. The Hall–Kier alpha value is -1.03. The first-order chi connectivity index (χ1) is 10.1. The van der Waals surface area contributed by atoms with E-state index in [2.05, 4.69) is 0 Å². The van der Waals surface area contributed by atoms with Crippen LogP contribution < -0.4 is 0 Å². The Morgan fingerprint density at radius 3 is 2.19 bits per heavy atom. The summed E-state index contributed by atoms with van der Waals surface area (Å²) in [5.74, 6) is -2.10. The molecule has 4 unspecified atom stereocenters. The fraction of sp³-hybridized carbons (Fsp3) is 0.647. The van der Waals surface area contributed by atoms with Crippen molar-refractivity contribution in [1.29, 1.82) is 0 Å². The third kappa shape index (κ3) is 2.96. The van der Waals surface area contributed by atoms with Crippen molar-refractivity contribution >= 4 is 0 Å². The zero-order valence-electron chi connectivity index (χ0n) is 12.2. The lowest BCUT2D eigenvalue weighted by atomic mass is 9.65. The highest BCUT2D eigenvalue weighted by atomic mass is 19.2. The quantitative estimate of drug-likeness (QED) is 0.712. The van der Waals surface area contributed by atoms with Gasteiger partial charge in [-0.1, -0.05) is 0 Å². The molecule has 116 valence electrons. The van der Waals surface area contributed by atoms with Gasteiger partial charge in [0.1, 0.15) is 0 Å². The molecule has 0 saturated heterocycles. The van der Waals surface area contributed by atoms with Crippen molar-refractivity contribution in [2.45, 2.75) is 50.5 Å². The van der Waals surface area contributed by atoms with Gasteiger partial charge in [0.05, 0.1) is 6.10 Å². The molecule has 1 aromatic carbocycles. The summed E-state index contributed by atoms with van der Waals surface area (Å²) >= 11 is 0. The van der Waals surface area contributed by atoms with E-state index >= 15 is 0 Å². The van der Waals surface area contributed by atoms with Crippen LogP contribution in [0.3, 0.4) is 0 Å². The molecule has 0 aliphatic heterocycles. The van der Waals surface area contributed by atoms with Crippen molar-refractivity contribution in [3.8, 4) is 0 Å². The Morgan fingerprint density at radius 2 is 1.52 bits per heavy atom. The average Bonchev–Trinajstić information content (AvgIpc) is 2.51. The number of hydrogen-bond donors (Lipinski definition) is 0. The second kappa shape index (κ2) is 5.99. The first kappa shape index (κ1) is 14.9. The highest BCUT2D eigenvalue weighted by Crippen LogP contribution is 2.46. The summed E-state index contributed by atoms with van der Waals surface area (Å²) in [5, 5.41) is 0. The minimum absolute atomic E-state index is 0.148. The van der Waals surface area contributed by atoms with Gasteiger partial charge in [0, 0.05) is 7.11 Å². The van der Waals surface area contributed by atoms with Crippen LogP contribution in [0.5, 0.6) is 0 Å². The van der Waals surface area contributed by atoms with Crippen LogP contribution >= 0.6 is 0 Å². The Balaban J connectivity index is 1.72. The predicted molar refractivity (Wildman–Crippen MR) is 74.5 cm³/mol. The monoisotopic (exact) mass is 298 g/mol. The second-order valence-corrected chi connectivity index (χ2v) is 6.50. The first-order valence-corrected chi connectivity index (χ1v) is 7.75. The number of halogens is 3. The molecule has 4 heteroatoms. The van der Waals surface area contributed by atoms with Gasteiger partial charge in [0.2, 0.25) is 0 Å². The van der Waals surface area contributed by atoms with Crippen molar-refractivity contribution < 1.29 is 17.9 Å². The van der Waals surface area contributed by atoms with E-state index in [0.717, 1.165) is 38.5 Å². The van der Waals surface area contributed by atoms with Crippen LogP contribution in [0, 0.1) is 29.3 Å². The number of fused-ring (bicyclic) bond motifs is 1. The van der Waals surface area contributed by atoms with Crippen LogP contribution in [-0.2, 0) is 4.74 Å². The van der Waals surface area contributed by atoms with E-state index in [1.165, 1.54) is 12.1 Å². The predicted octanol–water partition coefficient (Wildman–Crippen LogP) is 4.80. The van der Waals surface area contributed by atoms with Crippen LogP contribution in [0.1, 0.15) is 50.0 Å². The van der Waals surface area contributed by atoms with Crippen molar-refractivity contribution in [3.05, 3.63) is 35.1 Å². The lowest BCUT2D eigenvalue weighted by molar-refractivity contribution is 0.0123. The molecule has 2 aliphatic rings. The summed E-state index contributed by atoms with van der Waals surface area (Å²) in [6.07, 6.45) is 6.58. The summed E-state index contributed by atoms with van der Waals surface area (Å²) in [4.78, 5) is 0. The second-order valence-electron chi connectivity index (χ2n) is 6.50. The molecular formula is C17H21F3O. The average molecular weight is 298 g/mol. The maximum absolute atomic E-state index is 13.4. The van der Waals surface area contributed by atoms with Crippen molar-refractivity contribution in [3.63, 3.8) is 0 Å². The molecule has 1 aromatic rings. The molecule has 0 amide bonds. The van der Waals surface area contributed by atoms with Crippen LogP contribution in [0.15, 0.2) is 12.1 Å². The molecule has 0 bridgehead atoms. The zero-order chi connectivity index (χ0) is 15.0. The van der Waals surface area contributed by atoms with Gasteiger partial charge in [-0.3, -0.25) is 0 Å². The Morgan fingerprint density at radius 1 is 0.905 bits per heavy atom. The number of ether oxygens (including phenoxy) is 1. The SMILES string of the molecule is COC1CCC2CC(c3cc(F)c(F)c(F)c3)CCC2C1. The number of hydrogen-bond acceptors (Lipinski definition) is 1. The molecule has 21 heavy (non-hydrogen) atoms. The third-order valence-electron chi connectivity index (χ3n) is 5.38. The number of methoxy groups -OCH3 is 1. The summed E-state index contributed by atoms with van der Waals surface area (Å²) in [6, 6.07) is 2.34. The van der Waals surface area contributed by atoms with Gasteiger partial charge in [0.15, 0.2) is 17.5 Å². The topological polar surface area (TPSA) is 9.23 Å². The normalized spacial score (nSPS) is 32.8. The molecule has 0 spiro atoms. The van der Waals surface area contributed by atoms with Crippen LogP contribution in [0.4, 0.5) is 13.2 Å². The van der Waals surface area contributed by atoms with E-state index in [9.17, 15) is 13.2 Å². The largest absolute Gasteiger partial charge is 0.381 e. The van der Waals surface area contributed by atoms with Crippen LogP contribution in [0.25, 0.3) is 0 Å². The minimum atomic E-state index is -1.37. The third-order valence-corrected chi connectivity index (χ3v) is 5.38. The van der Waals surface area contributed by atoms with E-state index in [-0.39, 0.29) is 5.92 Å². The Labute approximate surface area is 123 Å². The standard InChI is InChI=1S/C17H21F3O/c1-21-14-5-4-10-6-11(2-3-12(10)7-14)13-8-15(18)17(20)16(19)9-13/h8-12,14H,2-7H2,1H3. The van der Waals surface area contributed by atoms with E-state index < -0.39 is 17.5 Å². The van der Waals surface area contributed by atoms with Gasteiger partial charge in [-0.25, -0.2) is 13.2 Å². The van der Waals surface area contributed by atoms with Crippen LogP contribution in [-0.4, -0.2) is 13.2 Å². The molecule has 0 radical (unpaired) electrons. The minimum Gasteiger partial charge on any atom is -0.381 e. The molecule has 1 nitrogen and oxygen atoms in total. The van der Waals surface area contributed by atoms with Crippen molar-refractivity contribution in [2.24, 2.45) is 11.8 Å². The fourth-order valence-electron chi connectivity index (χ4n) is 4.17. The van der Waals surface area contributed by atoms with Gasteiger partial charge >= 0.3 is 0 Å². The molecule has 2 aliphatic carbocycles. The molecular weight excluding hydrogens is 277 g/mol. The van der Waals surface area contributed by atoms with Crippen LogP contribution in [0.2, 0.25) is 0 Å². The maximum Gasteiger partial charge on any atom is 0.194 e. The molecule has 0 aromatic heterocycles. The highest BCUT2D eigenvalue weighted by Gasteiger charge is 2.36. The zero-order valence-corrected chi connectivity index (χ0v) is 12.2. The molecule has 2 fully saturated rings. The molecule has 3 rings (SSSR count).